The van der Waals surface area contributed by atoms with E-state index in [2.05, 4.69) is 76.9 Å². The highest BCUT2D eigenvalue weighted by molar-refractivity contribution is 6.09. The number of rotatable bonds is 10. The van der Waals surface area contributed by atoms with E-state index < -0.39 is 23.0 Å². The fraction of sp³-hybridized carbons (Fsp3) is 0.727. The Morgan fingerprint density at radius 3 is 2.27 bits per heavy atom. The summed E-state index contributed by atoms with van der Waals surface area (Å²) >= 11 is 0. The predicted octanol–water partition coefficient (Wildman–Crippen LogP) is 9.97. The van der Waals surface area contributed by atoms with Gasteiger partial charge in [0.2, 0.25) is 0 Å². The number of allylic oxidation sites excluding steroid dienone is 1. The van der Waals surface area contributed by atoms with Crippen LogP contribution in [0.15, 0.2) is 58.4 Å². The van der Waals surface area contributed by atoms with Gasteiger partial charge in [-0.05, 0) is 145 Å². The van der Waals surface area contributed by atoms with E-state index in [1.54, 1.807) is 0 Å². The van der Waals surface area contributed by atoms with Crippen molar-refractivity contribution < 1.29 is 29.3 Å². The number of aliphatic hydroxyl groups is 2. The molecule has 9 aliphatic rings. The quantitative estimate of drug-likeness (QED) is 0.225. The van der Waals surface area contributed by atoms with Gasteiger partial charge in [-0.2, -0.15) is 0 Å². The minimum Gasteiger partial charge on any atom is -0.392 e. The van der Waals surface area contributed by atoms with Gasteiger partial charge in [0.15, 0.2) is 5.78 Å². The number of carbonyl (C=O) groups is 2. The van der Waals surface area contributed by atoms with Crippen molar-refractivity contribution in [3.8, 4) is 0 Å². The minimum absolute atomic E-state index is 0.0289. The summed E-state index contributed by atoms with van der Waals surface area (Å²) in [6, 6.07) is 7.48. The number of carbonyl (C=O) groups excluding carboxylic acids is 2. The molecule has 8 nitrogen and oxygen atoms in total. The molecule has 11 unspecified atom stereocenters. The fourth-order valence-corrected chi connectivity index (χ4v) is 16.1. The molecule has 4 aliphatic heterocycles. The third-order valence-electron chi connectivity index (χ3n) is 19.6. The average Bonchev–Trinajstić information content (AvgIpc) is 3.53. The molecule has 8 heteroatoms. The van der Waals surface area contributed by atoms with Gasteiger partial charge in [-0.1, -0.05) is 79.0 Å². The first-order valence-corrected chi connectivity index (χ1v) is 25.1. The lowest BCUT2D eigenvalue weighted by Crippen LogP contribution is -2.68. The highest BCUT2D eigenvalue weighted by atomic mass is 16.6. The number of nitrogens with zero attached hydrogens (tertiary/aromatic N) is 2. The molecule has 0 amide bonds. The van der Waals surface area contributed by atoms with Crippen molar-refractivity contribution in [2.24, 2.45) is 50.3 Å². The zero-order valence-electron chi connectivity index (χ0n) is 39.7. The van der Waals surface area contributed by atoms with E-state index in [0.717, 1.165) is 68.6 Å². The Morgan fingerprint density at radius 2 is 1.59 bits per heavy atom. The summed E-state index contributed by atoms with van der Waals surface area (Å²) in [5.74, 6) is 1.24. The molecule has 6 fully saturated rings. The number of fused-ring (bicyclic) bond motifs is 6. The number of ether oxygens (including phenoxy) is 2. The smallest absolute Gasteiger partial charge is 0.160 e. The molecule has 0 aromatic heterocycles. The first-order valence-electron chi connectivity index (χ1n) is 25.1. The van der Waals surface area contributed by atoms with Crippen molar-refractivity contribution in [2.45, 2.75) is 187 Å². The van der Waals surface area contributed by atoms with Gasteiger partial charge in [0, 0.05) is 68.2 Å². The van der Waals surface area contributed by atoms with Crippen LogP contribution >= 0.6 is 0 Å². The Hall–Kier alpha value is -2.91. The summed E-state index contributed by atoms with van der Waals surface area (Å²) in [7, 11) is 0. The highest BCUT2D eigenvalue weighted by Gasteiger charge is 2.72. The van der Waals surface area contributed by atoms with E-state index in [0.29, 0.717) is 43.4 Å². The zero-order chi connectivity index (χ0) is 44.4. The van der Waals surface area contributed by atoms with Gasteiger partial charge in [0.05, 0.1) is 29.6 Å². The second kappa shape index (κ2) is 15.6. The Labute approximate surface area is 377 Å². The van der Waals surface area contributed by atoms with E-state index in [1.165, 1.54) is 54.4 Å². The summed E-state index contributed by atoms with van der Waals surface area (Å²) in [6.07, 6.45) is 18.3. The number of hydrogen-bond acceptors (Lipinski definition) is 8. The molecule has 63 heavy (non-hydrogen) atoms. The topological polar surface area (TPSA) is 112 Å². The molecule has 11 atom stereocenters. The molecule has 4 saturated carbocycles. The van der Waals surface area contributed by atoms with Gasteiger partial charge < -0.3 is 24.6 Å². The van der Waals surface area contributed by atoms with E-state index in [-0.39, 0.29) is 58.0 Å². The maximum atomic E-state index is 14.9. The largest absolute Gasteiger partial charge is 0.392 e. The molecular formula is C55H76N2O6. The first-order chi connectivity index (χ1) is 29.9. The molecule has 4 heterocycles. The van der Waals surface area contributed by atoms with Gasteiger partial charge in [0.1, 0.15) is 11.9 Å². The third-order valence-corrected chi connectivity index (χ3v) is 19.6. The molecule has 2 saturated heterocycles. The number of ketones is 2. The average molecular weight is 861 g/mol. The van der Waals surface area contributed by atoms with Crippen LogP contribution in [0.5, 0.6) is 0 Å². The van der Waals surface area contributed by atoms with Crippen LogP contribution in [0.4, 0.5) is 0 Å². The van der Waals surface area contributed by atoms with Crippen LogP contribution in [0.3, 0.4) is 0 Å². The fourth-order valence-electron chi connectivity index (χ4n) is 16.1. The van der Waals surface area contributed by atoms with Crippen molar-refractivity contribution >= 4 is 17.3 Å². The van der Waals surface area contributed by atoms with E-state index >= 15 is 0 Å². The number of aliphatic hydroxyl groups excluding tert-OH is 2. The van der Waals surface area contributed by atoms with Crippen LogP contribution < -0.4 is 0 Å². The van der Waals surface area contributed by atoms with Crippen LogP contribution in [0, 0.1) is 45.3 Å². The minimum atomic E-state index is -0.712. The number of hydrogen-bond donors (Lipinski definition) is 2. The number of Topliss-reactive ketones (excluding diaryl/α,β-unsaturated/α-hetero) is 2. The highest BCUT2D eigenvalue weighted by Crippen LogP contribution is 2.75. The summed E-state index contributed by atoms with van der Waals surface area (Å²) in [4.78, 5) is 35.9. The van der Waals surface area contributed by atoms with Gasteiger partial charge in [-0.25, -0.2) is 0 Å². The van der Waals surface area contributed by atoms with Crippen molar-refractivity contribution in [2.75, 3.05) is 19.8 Å². The maximum Gasteiger partial charge on any atom is 0.160 e. The Balaban J connectivity index is 1.03. The summed E-state index contributed by atoms with van der Waals surface area (Å²) < 4.78 is 11.7. The van der Waals surface area contributed by atoms with Crippen LogP contribution in [0.25, 0.3) is 0 Å². The monoisotopic (exact) mass is 861 g/mol. The molecule has 5 aliphatic carbocycles. The molecular weight excluding hydrogens is 785 g/mol. The molecule has 1 aromatic rings. The van der Waals surface area contributed by atoms with Gasteiger partial charge in [-0.3, -0.25) is 14.6 Å². The lowest BCUT2D eigenvalue weighted by Gasteiger charge is -2.70. The normalized spacial score (nSPS) is 39.4. The standard InChI is InChI=1S/C55H76N2O6/c1-32(24-41(58)50-52(4,5)63-50)45-42(59)29-55(8)46(45)39(48(61)49-53(6)19-15-44(60)51(2,3)43(53)14-20-54(49,55)7)31-57-30-38(47-40(57)16-21-56-47)27-33-25-36(34-12-10-9-11-13-34)28-37(26-33)35-17-22-62-23-18-35/h16,21,25-26,28,30,32,34-35,39-41,43,48-50,58,61H,9-15,17-20,22-24,27,29,31H2,1-8H3. The van der Waals surface area contributed by atoms with Crippen LogP contribution in [-0.2, 0) is 25.5 Å². The van der Waals surface area contributed by atoms with Crippen molar-refractivity contribution in [3.05, 3.63) is 70.1 Å². The molecule has 2 N–H and O–H groups in total. The Kier molecular flexibility index (Phi) is 10.9. The summed E-state index contributed by atoms with van der Waals surface area (Å²) in [5.41, 5.74) is 6.71. The molecule has 0 spiro atoms. The van der Waals surface area contributed by atoms with E-state index in [4.69, 9.17) is 14.5 Å². The number of epoxide rings is 1. The molecule has 342 valence electrons. The van der Waals surface area contributed by atoms with Crippen LogP contribution in [-0.4, -0.2) is 82.1 Å². The summed E-state index contributed by atoms with van der Waals surface area (Å²) in [5, 5.41) is 25.0. The van der Waals surface area contributed by atoms with Crippen LogP contribution in [0.2, 0.25) is 0 Å². The van der Waals surface area contributed by atoms with Gasteiger partial charge in [0.25, 0.3) is 0 Å². The van der Waals surface area contributed by atoms with Crippen molar-refractivity contribution in [1.82, 2.24) is 4.90 Å². The lowest BCUT2D eigenvalue weighted by atomic mass is 9.34. The molecule has 0 bridgehead atoms. The zero-order valence-corrected chi connectivity index (χ0v) is 39.7. The Morgan fingerprint density at radius 1 is 0.905 bits per heavy atom. The van der Waals surface area contributed by atoms with Crippen LogP contribution in [0.1, 0.15) is 167 Å². The number of benzene rings is 1. The molecule has 1 aromatic carbocycles. The first kappa shape index (κ1) is 44.0. The van der Waals surface area contributed by atoms with E-state index in [1.807, 2.05) is 20.0 Å². The lowest BCUT2D eigenvalue weighted by molar-refractivity contribution is -0.219. The number of aliphatic imine (C=N–C) groups is 1. The Bertz CT molecular complexity index is 2120. The molecule has 10 rings (SSSR count). The predicted molar refractivity (Wildman–Crippen MR) is 247 cm³/mol. The summed E-state index contributed by atoms with van der Waals surface area (Å²) in [6.45, 7) is 19.8. The van der Waals surface area contributed by atoms with Crippen molar-refractivity contribution in [3.63, 3.8) is 0 Å². The SMILES string of the molecule is CC(CC(O)C1OC1(C)C)C1=C2C(CN3C=C(Cc4cc(C5CCCCC5)cc(C5CCOCC5)c4)C4=NC=CC43)C(O)C3C4(C)CCC(=O)C(C)(C)C4CCC3(C)C2(C)CC1=O. The third kappa shape index (κ3) is 6.98. The molecule has 0 radical (unpaired) electrons. The van der Waals surface area contributed by atoms with Gasteiger partial charge >= 0.3 is 0 Å². The maximum absolute atomic E-state index is 14.9. The van der Waals surface area contributed by atoms with Crippen molar-refractivity contribution in [1.29, 1.82) is 0 Å². The second-order valence-corrected chi connectivity index (χ2v) is 23.9. The second-order valence-electron chi connectivity index (χ2n) is 23.9. The van der Waals surface area contributed by atoms with Gasteiger partial charge in [-0.15, -0.1) is 0 Å². The van der Waals surface area contributed by atoms with E-state index in [9.17, 15) is 19.8 Å².